The molecule has 63 heavy (non-hydrogen) atoms. The second kappa shape index (κ2) is 21.5. The van der Waals surface area contributed by atoms with Crippen LogP contribution in [0.5, 0.6) is 0 Å². The lowest BCUT2D eigenvalue weighted by Gasteiger charge is -2.10. The lowest BCUT2D eigenvalue weighted by atomic mass is 10.2. The fourth-order valence-corrected chi connectivity index (χ4v) is 9.74. The highest BCUT2D eigenvalue weighted by molar-refractivity contribution is 9.10. The number of primary amides is 1. The smallest absolute Gasteiger partial charge is 0.277 e. The van der Waals surface area contributed by atoms with Crippen LogP contribution >= 0.6 is 77.7 Å². The van der Waals surface area contributed by atoms with Gasteiger partial charge in [-0.05, 0) is 85.6 Å². The van der Waals surface area contributed by atoms with Crippen LogP contribution in [0.15, 0.2) is 120 Å². The third-order valence-electron chi connectivity index (χ3n) is 8.58. The van der Waals surface area contributed by atoms with Crippen molar-refractivity contribution in [2.24, 2.45) is 5.73 Å². The molecule has 0 aliphatic carbocycles. The number of nitrogens with one attached hydrogen (secondary N) is 1. The van der Waals surface area contributed by atoms with Gasteiger partial charge in [0.1, 0.15) is 22.1 Å². The summed E-state index contributed by atoms with van der Waals surface area (Å²) >= 11 is 21.0. The van der Waals surface area contributed by atoms with E-state index >= 15 is 0 Å². The van der Waals surface area contributed by atoms with Crippen LogP contribution in [0.3, 0.4) is 0 Å². The van der Waals surface area contributed by atoms with Gasteiger partial charge in [0.05, 0.1) is 27.2 Å². The minimum absolute atomic E-state index is 0. The molecule has 0 saturated carbocycles. The third-order valence-corrected chi connectivity index (χ3v) is 14.4. The molecule has 3 N–H and O–H groups in total. The quantitative estimate of drug-likeness (QED) is 0.155. The number of carbonyl (C=O) groups excluding carboxylic acids is 2. The van der Waals surface area contributed by atoms with Crippen LogP contribution in [0.25, 0.3) is 32.1 Å². The monoisotopic (exact) mass is 1070 g/mol. The Morgan fingerprint density at radius 2 is 1.16 bits per heavy atom. The van der Waals surface area contributed by atoms with Crippen molar-refractivity contribution < 1.29 is 18.0 Å². The molecule has 0 fully saturated rings. The highest BCUT2D eigenvalue weighted by Crippen LogP contribution is 2.28. The van der Waals surface area contributed by atoms with Crippen LogP contribution in [0.1, 0.15) is 53.6 Å². The summed E-state index contributed by atoms with van der Waals surface area (Å²) in [5.41, 5.74) is 8.53. The number of amides is 2. The van der Waals surface area contributed by atoms with E-state index in [4.69, 9.17) is 28.9 Å². The van der Waals surface area contributed by atoms with Gasteiger partial charge in [-0.1, -0.05) is 124 Å². The second-order valence-corrected chi connectivity index (χ2v) is 19.8. The molecule has 21 heteroatoms. The normalized spacial score (nSPS) is 10.7. The summed E-state index contributed by atoms with van der Waals surface area (Å²) in [6, 6.07) is 24.6. The number of benzene rings is 4. The van der Waals surface area contributed by atoms with E-state index < -0.39 is 15.7 Å². The van der Waals surface area contributed by atoms with E-state index in [1.807, 2.05) is 32.0 Å². The van der Waals surface area contributed by atoms with Crippen LogP contribution in [-0.4, -0.2) is 55.1 Å². The van der Waals surface area contributed by atoms with Crippen molar-refractivity contribution >= 4 is 125 Å². The van der Waals surface area contributed by atoms with Gasteiger partial charge in [0, 0.05) is 20.1 Å². The van der Waals surface area contributed by atoms with Gasteiger partial charge in [0.2, 0.25) is 20.1 Å². The highest BCUT2D eigenvalue weighted by Gasteiger charge is 2.21. The summed E-state index contributed by atoms with van der Waals surface area (Å²) in [7, 11) is -3.48. The van der Waals surface area contributed by atoms with E-state index in [2.05, 4.69) is 57.1 Å². The number of hydrogen-bond acceptors (Lipinski definition) is 12. The first kappa shape index (κ1) is 50.5. The molecule has 0 radical (unpaired) electrons. The number of aromatic nitrogens is 6. The molecule has 14 nitrogen and oxygen atoms in total. The summed E-state index contributed by atoms with van der Waals surface area (Å²) in [4.78, 5) is 65.2. The van der Waals surface area contributed by atoms with E-state index in [9.17, 15) is 27.6 Å². The molecule has 4 aromatic carbocycles. The van der Waals surface area contributed by atoms with E-state index in [-0.39, 0.29) is 58.0 Å². The number of nitrogens with zero attached hydrogens (tertiary/aromatic N) is 6. The molecule has 8 rings (SSSR count). The molecular formula is C42H38Br2Cl2N8O6S3. The Morgan fingerprint density at radius 1 is 0.714 bits per heavy atom. The molecule has 0 aliphatic heterocycles. The molecule has 0 unspecified atom stereocenters. The maximum atomic E-state index is 13.0. The van der Waals surface area contributed by atoms with Gasteiger partial charge >= 0.3 is 0 Å². The van der Waals surface area contributed by atoms with E-state index in [1.165, 1.54) is 28.7 Å². The van der Waals surface area contributed by atoms with Crippen molar-refractivity contribution in [3.8, 4) is 11.4 Å². The van der Waals surface area contributed by atoms with E-state index in [0.717, 1.165) is 42.7 Å². The number of aryl methyl sites for hydroxylation is 2. The number of hydrogen-bond donors (Lipinski definition) is 2. The molecule has 0 atom stereocenters. The van der Waals surface area contributed by atoms with Gasteiger partial charge in [-0.3, -0.25) is 33.6 Å². The highest BCUT2D eigenvalue weighted by atomic mass is 79.9. The lowest BCUT2D eigenvalue weighted by Crippen LogP contribution is -2.19. The molecule has 8 aromatic rings. The first-order valence-electron chi connectivity index (χ1n) is 17.6. The Labute approximate surface area is 397 Å². The molecule has 4 heterocycles. The predicted octanol–water partition coefficient (Wildman–Crippen LogP) is 10.2. The largest absolute Gasteiger partial charge is 0.366 e. The Hall–Kier alpha value is -5.15. The Morgan fingerprint density at radius 3 is 1.60 bits per heavy atom. The fraction of sp³-hybridized carbons (Fsp3) is 0.143. The summed E-state index contributed by atoms with van der Waals surface area (Å²) in [5.74, 6) is -0.786. The van der Waals surface area contributed by atoms with Crippen LogP contribution in [-0.2, 0) is 9.84 Å². The van der Waals surface area contributed by atoms with Crippen molar-refractivity contribution in [3.05, 3.63) is 160 Å². The number of carbonyl (C=O) groups is 2. The van der Waals surface area contributed by atoms with Crippen LogP contribution < -0.4 is 22.2 Å². The van der Waals surface area contributed by atoms with E-state index in [0.29, 0.717) is 42.4 Å². The predicted molar refractivity (Wildman–Crippen MR) is 261 cm³/mol. The minimum atomic E-state index is -3.48. The van der Waals surface area contributed by atoms with Gasteiger partial charge in [0.25, 0.3) is 17.0 Å². The number of nitrogens with two attached hydrogens (primary N) is 1. The van der Waals surface area contributed by atoms with Crippen molar-refractivity contribution in [2.45, 2.75) is 40.0 Å². The zero-order valence-corrected chi connectivity index (χ0v) is 39.0. The molecule has 4 aromatic heterocycles. The average Bonchev–Trinajstić information content (AvgIpc) is 3.86. The van der Waals surface area contributed by atoms with Crippen LogP contribution in [0.2, 0.25) is 10.0 Å². The molecular weight excluding hydrogens is 1040 g/mol. The second-order valence-electron chi connectivity index (χ2n) is 12.7. The molecule has 0 aliphatic rings. The summed E-state index contributed by atoms with van der Waals surface area (Å²) < 4.78 is 28.9. The van der Waals surface area contributed by atoms with Crippen molar-refractivity contribution in [1.29, 1.82) is 0 Å². The molecule has 0 bridgehead atoms. The maximum Gasteiger partial charge on any atom is 0.277 e. The van der Waals surface area contributed by atoms with Gasteiger partial charge in [-0.2, -0.15) is 4.98 Å². The van der Waals surface area contributed by atoms with E-state index in [1.54, 1.807) is 66.7 Å². The number of fused-ring (bicyclic) bond motifs is 2. The number of para-hydroxylation sites is 2. The maximum absolute atomic E-state index is 13.0. The number of rotatable bonds is 7. The fourth-order valence-electron chi connectivity index (χ4n) is 5.48. The van der Waals surface area contributed by atoms with Gasteiger partial charge in [0.15, 0.2) is 16.4 Å². The number of thiazole rings is 2. The third kappa shape index (κ3) is 11.5. The van der Waals surface area contributed by atoms with Crippen molar-refractivity contribution in [2.75, 3.05) is 11.1 Å². The number of halogens is 4. The molecule has 2 amide bonds. The standard InChI is InChI=1S/C19H12BrClN4O2S.C14H12ClN3O3S2.C7H6BrNO.2CH4/c1-10-3-2-4-13(21)14(10)25-9-22-16-15(18(25)27)28-19(23-16)24-17(26)11-5-7-12(20)8-6-11;1-3-23(20,21)14-17-12-11(22-14)13(19)18(7-16-12)10-8(2)5-4-6-9(10)15;8-6-3-1-5(2-4-6)7(9)10;;/h2-9H,1H3,(H,23,24,26);4-7H,3H2,1-2H3;1-4H,(H2,9,10);2*1H4. The Kier molecular flexibility index (Phi) is 17.2. The van der Waals surface area contributed by atoms with Crippen LogP contribution in [0.4, 0.5) is 5.13 Å². The van der Waals surface area contributed by atoms with Crippen molar-refractivity contribution in [1.82, 2.24) is 29.1 Å². The van der Waals surface area contributed by atoms with Crippen LogP contribution in [0, 0.1) is 13.8 Å². The lowest BCUT2D eigenvalue weighted by molar-refractivity contribution is 0.0997. The van der Waals surface area contributed by atoms with Gasteiger partial charge in [-0.25, -0.2) is 23.4 Å². The Balaban J connectivity index is 0.000000224. The molecule has 328 valence electrons. The summed E-state index contributed by atoms with van der Waals surface area (Å²) in [6.45, 7) is 5.23. The summed E-state index contributed by atoms with van der Waals surface area (Å²) in [5, 5.41) is 3.89. The van der Waals surface area contributed by atoms with Crippen molar-refractivity contribution in [3.63, 3.8) is 0 Å². The summed E-state index contributed by atoms with van der Waals surface area (Å²) in [6.07, 6.45) is 2.72. The topological polar surface area (TPSA) is 202 Å². The average molecular weight is 1080 g/mol. The van der Waals surface area contributed by atoms with Gasteiger partial charge < -0.3 is 5.73 Å². The minimum Gasteiger partial charge on any atom is -0.366 e. The zero-order chi connectivity index (χ0) is 44.2. The number of sulfone groups is 1. The first-order chi connectivity index (χ1) is 29.0. The van der Waals surface area contributed by atoms with Gasteiger partial charge in [-0.15, -0.1) is 0 Å². The SMILES string of the molecule is C.C.CCS(=O)(=O)c1nc2ncn(-c3c(C)cccc3Cl)c(=O)c2s1.Cc1cccc(Cl)c1-n1cnc2nc(NC(=O)c3ccc(Br)cc3)sc2c1=O.NC(=O)c1ccc(Br)cc1. The molecule has 0 spiro atoms. The Bertz CT molecular complexity index is 3150. The number of anilines is 1. The zero-order valence-electron chi connectivity index (χ0n) is 31.9. The molecule has 0 saturated heterocycles. The first-order valence-corrected chi connectivity index (χ1v) is 23.2.